The van der Waals surface area contributed by atoms with Crippen molar-refractivity contribution in [3.05, 3.63) is 21.9 Å². The smallest absolute Gasteiger partial charge is 0.263 e. The van der Waals surface area contributed by atoms with Crippen molar-refractivity contribution in [1.82, 2.24) is 10.6 Å². The summed E-state index contributed by atoms with van der Waals surface area (Å²) in [5.74, 6) is 5.02. The Bertz CT molecular complexity index is 526. The Morgan fingerprint density at radius 1 is 1.40 bits per heavy atom. The fourth-order valence-corrected chi connectivity index (χ4v) is 2.11. The molecule has 0 aliphatic heterocycles. The second kappa shape index (κ2) is 8.35. The molecule has 2 amide bonds. The first-order valence-electron chi connectivity index (χ1n) is 6.26. The molecule has 0 spiro atoms. The summed E-state index contributed by atoms with van der Waals surface area (Å²) in [7, 11) is 0. The van der Waals surface area contributed by atoms with Crippen LogP contribution >= 0.6 is 11.3 Å². The highest BCUT2D eigenvalue weighted by Crippen LogP contribution is 2.15. The molecule has 0 bridgehead atoms. The van der Waals surface area contributed by atoms with Gasteiger partial charge in [0.05, 0.1) is 6.54 Å². The first-order valence-corrected chi connectivity index (χ1v) is 7.14. The van der Waals surface area contributed by atoms with Gasteiger partial charge in [0, 0.05) is 12.1 Å². The van der Waals surface area contributed by atoms with Gasteiger partial charge < -0.3 is 15.7 Å². The lowest BCUT2D eigenvalue weighted by atomic mass is 10.2. The Kier molecular flexibility index (Phi) is 6.77. The SMILES string of the molecule is CC(C)CNC(=O)CNC(=O)c1sccc1C#CCO. The van der Waals surface area contributed by atoms with E-state index in [2.05, 4.69) is 22.5 Å². The van der Waals surface area contributed by atoms with Crippen LogP contribution in [0.25, 0.3) is 0 Å². The molecule has 0 saturated heterocycles. The first-order chi connectivity index (χ1) is 9.54. The average molecular weight is 294 g/mol. The van der Waals surface area contributed by atoms with E-state index in [0.717, 1.165) is 0 Å². The van der Waals surface area contributed by atoms with E-state index in [-0.39, 0.29) is 25.0 Å². The highest BCUT2D eigenvalue weighted by Gasteiger charge is 2.13. The summed E-state index contributed by atoms with van der Waals surface area (Å²) in [6.07, 6.45) is 0. The Hall–Kier alpha value is -1.84. The normalized spacial score (nSPS) is 9.80. The van der Waals surface area contributed by atoms with Crippen molar-refractivity contribution in [3.8, 4) is 11.8 Å². The molecule has 0 radical (unpaired) electrons. The summed E-state index contributed by atoms with van der Waals surface area (Å²) in [5.41, 5.74) is 0.559. The molecule has 1 heterocycles. The van der Waals surface area contributed by atoms with Crippen LogP contribution in [0.15, 0.2) is 11.4 Å². The van der Waals surface area contributed by atoms with Crippen molar-refractivity contribution in [2.75, 3.05) is 19.7 Å². The van der Waals surface area contributed by atoms with Crippen LogP contribution in [0.1, 0.15) is 29.1 Å². The molecule has 0 aliphatic carbocycles. The largest absolute Gasteiger partial charge is 0.384 e. The van der Waals surface area contributed by atoms with Gasteiger partial charge in [-0.3, -0.25) is 9.59 Å². The number of nitrogens with one attached hydrogen (secondary N) is 2. The summed E-state index contributed by atoms with van der Waals surface area (Å²) >= 11 is 1.25. The number of amides is 2. The highest BCUT2D eigenvalue weighted by molar-refractivity contribution is 7.12. The standard InChI is InChI=1S/C14H18N2O3S/c1-10(2)8-15-12(18)9-16-14(19)13-11(4-3-6-17)5-7-20-13/h5,7,10,17H,6,8-9H2,1-2H3,(H,15,18)(H,16,19). The average Bonchev–Trinajstić information content (AvgIpc) is 2.88. The number of aliphatic hydroxyl groups is 1. The van der Waals surface area contributed by atoms with Crippen molar-refractivity contribution in [3.63, 3.8) is 0 Å². The molecular formula is C14H18N2O3S. The van der Waals surface area contributed by atoms with Crippen LogP contribution < -0.4 is 10.6 Å². The van der Waals surface area contributed by atoms with Crippen molar-refractivity contribution in [2.45, 2.75) is 13.8 Å². The van der Waals surface area contributed by atoms with Crippen LogP contribution in [-0.2, 0) is 4.79 Å². The van der Waals surface area contributed by atoms with E-state index in [1.165, 1.54) is 11.3 Å². The summed E-state index contributed by atoms with van der Waals surface area (Å²) in [6.45, 7) is 4.26. The highest BCUT2D eigenvalue weighted by atomic mass is 32.1. The maximum absolute atomic E-state index is 11.9. The zero-order valence-corrected chi connectivity index (χ0v) is 12.3. The van der Waals surface area contributed by atoms with Crippen molar-refractivity contribution >= 4 is 23.2 Å². The molecule has 1 aromatic rings. The number of hydrogen-bond donors (Lipinski definition) is 3. The van der Waals surface area contributed by atoms with Crippen LogP contribution in [0.3, 0.4) is 0 Å². The fraction of sp³-hybridized carbons (Fsp3) is 0.429. The number of hydrogen-bond acceptors (Lipinski definition) is 4. The number of rotatable bonds is 5. The molecule has 108 valence electrons. The summed E-state index contributed by atoms with van der Waals surface area (Å²) in [5, 5.41) is 15.7. The van der Waals surface area contributed by atoms with Gasteiger partial charge >= 0.3 is 0 Å². The lowest BCUT2D eigenvalue weighted by Gasteiger charge is -2.08. The van der Waals surface area contributed by atoms with Gasteiger partial charge in [-0.25, -0.2) is 0 Å². The minimum absolute atomic E-state index is 0.0592. The molecule has 0 aliphatic rings. The quantitative estimate of drug-likeness (QED) is 0.696. The van der Waals surface area contributed by atoms with Gasteiger partial charge in [-0.15, -0.1) is 11.3 Å². The van der Waals surface area contributed by atoms with E-state index < -0.39 is 0 Å². The van der Waals surface area contributed by atoms with Gasteiger partial charge in [-0.05, 0) is 17.4 Å². The van der Waals surface area contributed by atoms with Gasteiger partial charge in [-0.1, -0.05) is 25.7 Å². The lowest BCUT2D eigenvalue weighted by Crippen LogP contribution is -2.38. The van der Waals surface area contributed by atoms with E-state index in [1.807, 2.05) is 13.8 Å². The van der Waals surface area contributed by atoms with Crippen LogP contribution in [0.4, 0.5) is 0 Å². The summed E-state index contributed by atoms with van der Waals surface area (Å²) < 4.78 is 0. The second-order valence-corrected chi connectivity index (χ2v) is 5.42. The zero-order chi connectivity index (χ0) is 15.0. The van der Waals surface area contributed by atoms with Crippen LogP contribution in [0.5, 0.6) is 0 Å². The van der Waals surface area contributed by atoms with Gasteiger partial charge in [0.2, 0.25) is 5.91 Å². The molecule has 5 nitrogen and oxygen atoms in total. The first kappa shape index (κ1) is 16.2. The molecule has 20 heavy (non-hydrogen) atoms. The lowest BCUT2D eigenvalue weighted by molar-refractivity contribution is -0.120. The maximum Gasteiger partial charge on any atom is 0.263 e. The van der Waals surface area contributed by atoms with Crippen molar-refractivity contribution in [2.24, 2.45) is 5.92 Å². The molecule has 0 atom stereocenters. The minimum Gasteiger partial charge on any atom is -0.384 e. The number of thiophene rings is 1. The Morgan fingerprint density at radius 3 is 2.80 bits per heavy atom. The van der Waals surface area contributed by atoms with Crippen molar-refractivity contribution < 1.29 is 14.7 Å². The van der Waals surface area contributed by atoms with Crippen LogP contribution in [0.2, 0.25) is 0 Å². The van der Waals surface area contributed by atoms with Gasteiger partial charge in [-0.2, -0.15) is 0 Å². The van der Waals surface area contributed by atoms with E-state index >= 15 is 0 Å². The zero-order valence-electron chi connectivity index (χ0n) is 11.5. The van der Waals surface area contributed by atoms with E-state index in [9.17, 15) is 9.59 Å². The number of aliphatic hydroxyl groups excluding tert-OH is 1. The molecule has 0 fully saturated rings. The summed E-state index contributed by atoms with van der Waals surface area (Å²) in [6, 6.07) is 1.71. The maximum atomic E-state index is 11.9. The van der Waals surface area contributed by atoms with Crippen LogP contribution in [0, 0.1) is 17.8 Å². The Labute approximate surface area is 122 Å². The number of carbonyl (C=O) groups is 2. The monoisotopic (exact) mass is 294 g/mol. The minimum atomic E-state index is -0.332. The number of carbonyl (C=O) groups excluding carboxylic acids is 2. The third-order valence-corrected chi connectivity index (χ3v) is 3.20. The van der Waals surface area contributed by atoms with Crippen LogP contribution in [-0.4, -0.2) is 36.6 Å². The third-order valence-electron chi connectivity index (χ3n) is 2.29. The Balaban J connectivity index is 2.51. The molecule has 0 aromatic carbocycles. The molecule has 1 rings (SSSR count). The Morgan fingerprint density at radius 2 is 2.15 bits per heavy atom. The van der Waals surface area contributed by atoms with Gasteiger partial charge in [0.25, 0.3) is 5.91 Å². The van der Waals surface area contributed by atoms with Crippen molar-refractivity contribution in [1.29, 1.82) is 0 Å². The third kappa shape index (κ3) is 5.43. The molecular weight excluding hydrogens is 276 g/mol. The second-order valence-electron chi connectivity index (χ2n) is 4.50. The molecule has 6 heteroatoms. The predicted molar refractivity (Wildman–Crippen MR) is 78.5 cm³/mol. The summed E-state index contributed by atoms with van der Waals surface area (Å²) in [4.78, 5) is 23.9. The van der Waals surface area contributed by atoms with Gasteiger partial charge in [0.15, 0.2) is 0 Å². The van der Waals surface area contributed by atoms with E-state index in [4.69, 9.17) is 5.11 Å². The fourth-order valence-electron chi connectivity index (χ4n) is 1.34. The molecule has 0 saturated carbocycles. The van der Waals surface area contributed by atoms with Gasteiger partial charge in [0.1, 0.15) is 11.5 Å². The van der Waals surface area contributed by atoms with E-state index in [1.54, 1.807) is 11.4 Å². The van der Waals surface area contributed by atoms with E-state index in [0.29, 0.717) is 22.9 Å². The molecule has 3 N–H and O–H groups in total. The predicted octanol–water partition coefficient (Wildman–Crippen LogP) is 0.594. The molecule has 0 unspecified atom stereocenters. The topological polar surface area (TPSA) is 78.4 Å². The molecule has 1 aromatic heterocycles.